The second-order valence-electron chi connectivity index (χ2n) is 6.81. The van der Waals surface area contributed by atoms with Gasteiger partial charge < -0.3 is 15.0 Å². The Morgan fingerprint density at radius 2 is 1.81 bits per heavy atom. The van der Waals surface area contributed by atoms with Crippen LogP contribution in [0, 0.1) is 5.41 Å². The van der Waals surface area contributed by atoms with Crippen LogP contribution in [0.3, 0.4) is 0 Å². The van der Waals surface area contributed by atoms with Crippen molar-refractivity contribution in [2.45, 2.75) is 46.1 Å². The molecule has 0 radical (unpaired) electrons. The van der Waals surface area contributed by atoms with Crippen LogP contribution < -0.4 is 5.32 Å². The molecule has 1 N–H and O–H groups in total. The fraction of sp³-hybridized carbons (Fsp3) is 1.00. The smallest absolute Gasteiger partial charge is 0.0594 e. The summed E-state index contributed by atoms with van der Waals surface area (Å²) in [7, 11) is 0. The molecule has 4 nitrogen and oxygen atoms in total. The molecule has 0 bridgehead atoms. The first kappa shape index (κ1) is 17.2. The second-order valence-corrected chi connectivity index (χ2v) is 6.81. The van der Waals surface area contributed by atoms with Crippen LogP contribution in [0.15, 0.2) is 0 Å². The Labute approximate surface area is 131 Å². The Morgan fingerprint density at radius 3 is 2.43 bits per heavy atom. The summed E-state index contributed by atoms with van der Waals surface area (Å²) in [5, 5.41) is 3.59. The van der Waals surface area contributed by atoms with Crippen molar-refractivity contribution >= 4 is 0 Å². The summed E-state index contributed by atoms with van der Waals surface area (Å²) in [6.45, 7) is 17.1. The van der Waals surface area contributed by atoms with E-state index in [4.69, 9.17) is 4.74 Å². The fourth-order valence-electron chi connectivity index (χ4n) is 3.84. The molecule has 21 heavy (non-hydrogen) atoms. The van der Waals surface area contributed by atoms with Gasteiger partial charge in [0.15, 0.2) is 0 Å². The van der Waals surface area contributed by atoms with Gasteiger partial charge in [-0.2, -0.15) is 0 Å². The average Bonchev–Trinajstić information content (AvgIpc) is 3.01. The summed E-state index contributed by atoms with van der Waals surface area (Å²) in [4.78, 5) is 5.36. The third kappa shape index (κ3) is 4.65. The first-order chi connectivity index (χ1) is 10.2. The molecule has 4 heteroatoms. The van der Waals surface area contributed by atoms with Gasteiger partial charge in [-0.05, 0) is 37.8 Å². The molecule has 2 heterocycles. The molecule has 2 rings (SSSR count). The van der Waals surface area contributed by atoms with E-state index in [9.17, 15) is 0 Å². The Morgan fingerprint density at radius 1 is 1.10 bits per heavy atom. The largest absolute Gasteiger partial charge is 0.379 e. The lowest BCUT2D eigenvalue weighted by Crippen LogP contribution is -2.46. The molecule has 1 unspecified atom stereocenters. The van der Waals surface area contributed by atoms with Gasteiger partial charge in [-0.25, -0.2) is 0 Å². The lowest BCUT2D eigenvalue weighted by Gasteiger charge is -2.37. The number of ether oxygens (including phenoxy) is 1. The van der Waals surface area contributed by atoms with Crippen LogP contribution in [0.4, 0.5) is 0 Å². The second kappa shape index (κ2) is 8.47. The summed E-state index contributed by atoms with van der Waals surface area (Å²) in [5.74, 6) is 0. The third-order valence-electron chi connectivity index (χ3n) is 5.62. The maximum atomic E-state index is 5.48. The highest BCUT2D eigenvalue weighted by Gasteiger charge is 2.34. The number of morpholine rings is 1. The van der Waals surface area contributed by atoms with Gasteiger partial charge >= 0.3 is 0 Å². The normalized spacial score (nSPS) is 25.6. The molecule has 0 saturated carbocycles. The number of rotatable bonds is 8. The number of nitrogens with one attached hydrogen (secondary N) is 1. The predicted octanol–water partition coefficient (Wildman–Crippen LogP) is 1.81. The van der Waals surface area contributed by atoms with Gasteiger partial charge in [0, 0.05) is 38.8 Å². The van der Waals surface area contributed by atoms with E-state index < -0.39 is 0 Å². The van der Waals surface area contributed by atoms with Crippen molar-refractivity contribution in [1.29, 1.82) is 0 Å². The summed E-state index contributed by atoms with van der Waals surface area (Å²) in [6.07, 6.45) is 3.88. The van der Waals surface area contributed by atoms with Crippen LogP contribution in [-0.2, 0) is 4.74 Å². The minimum absolute atomic E-state index is 0.454. The van der Waals surface area contributed by atoms with Gasteiger partial charge in [-0.1, -0.05) is 20.8 Å². The zero-order valence-corrected chi connectivity index (χ0v) is 14.4. The van der Waals surface area contributed by atoms with E-state index in [0.29, 0.717) is 5.41 Å². The van der Waals surface area contributed by atoms with E-state index in [1.807, 2.05) is 0 Å². The fourth-order valence-corrected chi connectivity index (χ4v) is 3.84. The minimum atomic E-state index is 0.454. The molecule has 0 spiro atoms. The Balaban J connectivity index is 1.84. The molecule has 0 aromatic carbocycles. The quantitative estimate of drug-likeness (QED) is 0.739. The minimum Gasteiger partial charge on any atom is -0.379 e. The van der Waals surface area contributed by atoms with Crippen molar-refractivity contribution in [3.8, 4) is 0 Å². The molecule has 1 atom stereocenters. The zero-order chi connectivity index (χ0) is 15.1. The molecule has 2 aliphatic heterocycles. The maximum Gasteiger partial charge on any atom is 0.0594 e. The maximum absolute atomic E-state index is 5.48. The van der Waals surface area contributed by atoms with Gasteiger partial charge in [0.1, 0.15) is 0 Å². The molecule has 0 amide bonds. The SMILES string of the molecule is CCNCC(CC)(CC)CN1CCC(N2CCOCC2)C1. The summed E-state index contributed by atoms with van der Waals surface area (Å²) < 4.78 is 5.48. The highest BCUT2D eigenvalue weighted by Crippen LogP contribution is 2.29. The zero-order valence-electron chi connectivity index (χ0n) is 14.4. The van der Waals surface area contributed by atoms with Crippen LogP contribution in [0.2, 0.25) is 0 Å². The van der Waals surface area contributed by atoms with Crippen LogP contribution in [0.5, 0.6) is 0 Å². The summed E-state index contributed by atoms with van der Waals surface area (Å²) in [6, 6.07) is 0.763. The van der Waals surface area contributed by atoms with Gasteiger partial charge in [0.2, 0.25) is 0 Å². The summed E-state index contributed by atoms with van der Waals surface area (Å²) in [5.41, 5.74) is 0.454. The van der Waals surface area contributed by atoms with E-state index in [2.05, 4.69) is 35.9 Å². The van der Waals surface area contributed by atoms with Crippen LogP contribution in [0.1, 0.15) is 40.0 Å². The van der Waals surface area contributed by atoms with E-state index in [0.717, 1.165) is 45.4 Å². The molecular weight excluding hydrogens is 262 g/mol. The van der Waals surface area contributed by atoms with E-state index in [1.54, 1.807) is 0 Å². The first-order valence-electron chi connectivity index (χ1n) is 8.98. The molecule has 2 aliphatic rings. The number of hydrogen-bond donors (Lipinski definition) is 1. The van der Waals surface area contributed by atoms with Gasteiger partial charge in [0.05, 0.1) is 13.2 Å². The van der Waals surface area contributed by atoms with Crippen LogP contribution in [-0.4, -0.2) is 74.9 Å². The molecule has 0 aromatic rings. The molecular formula is C17H35N3O. The lowest BCUT2D eigenvalue weighted by molar-refractivity contribution is 0.0174. The Hall–Kier alpha value is -0.160. The lowest BCUT2D eigenvalue weighted by atomic mass is 9.81. The van der Waals surface area contributed by atoms with Crippen molar-refractivity contribution < 1.29 is 4.74 Å². The highest BCUT2D eigenvalue weighted by molar-refractivity contribution is 4.89. The van der Waals surface area contributed by atoms with Crippen molar-refractivity contribution in [2.75, 3.05) is 59.0 Å². The van der Waals surface area contributed by atoms with Crippen molar-refractivity contribution in [2.24, 2.45) is 5.41 Å². The van der Waals surface area contributed by atoms with E-state index >= 15 is 0 Å². The Bertz CT molecular complexity index is 288. The van der Waals surface area contributed by atoms with Gasteiger partial charge in [0.25, 0.3) is 0 Å². The molecule has 0 aromatic heterocycles. The standard InChI is InChI=1S/C17H35N3O/c1-4-17(5-2,14-18-6-3)15-19-8-7-16(13-19)20-9-11-21-12-10-20/h16,18H,4-15H2,1-3H3. The van der Waals surface area contributed by atoms with Crippen molar-refractivity contribution in [1.82, 2.24) is 15.1 Å². The number of likely N-dealkylation sites (tertiary alicyclic amines) is 1. The monoisotopic (exact) mass is 297 g/mol. The average molecular weight is 297 g/mol. The predicted molar refractivity (Wildman–Crippen MR) is 88.8 cm³/mol. The van der Waals surface area contributed by atoms with Gasteiger partial charge in [-0.3, -0.25) is 4.90 Å². The van der Waals surface area contributed by atoms with Crippen molar-refractivity contribution in [3.63, 3.8) is 0 Å². The van der Waals surface area contributed by atoms with E-state index in [-0.39, 0.29) is 0 Å². The Kier molecular flexibility index (Phi) is 6.93. The van der Waals surface area contributed by atoms with Crippen LogP contribution >= 0.6 is 0 Å². The molecule has 0 aliphatic carbocycles. The molecule has 2 saturated heterocycles. The number of nitrogens with zero attached hydrogens (tertiary/aromatic N) is 2. The van der Waals surface area contributed by atoms with Crippen molar-refractivity contribution in [3.05, 3.63) is 0 Å². The number of hydrogen-bond acceptors (Lipinski definition) is 4. The summed E-state index contributed by atoms with van der Waals surface area (Å²) >= 11 is 0. The topological polar surface area (TPSA) is 27.7 Å². The molecule has 124 valence electrons. The van der Waals surface area contributed by atoms with E-state index in [1.165, 1.54) is 38.9 Å². The van der Waals surface area contributed by atoms with Gasteiger partial charge in [-0.15, -0.1) is 0 Å². The highest BCUT2D eigenvalue weighted by atomic mass is 16.5. The first-order valence-corrected chi connectivity index (χ1v) is 8.98. The third-order valence-corrected chi connectivity index (χ3v) is 5.62. The van der Waals surface area contributed by atoms with Crippen LogP contribution in [0.25, 0.3) is 0 Å². The molecule has 2 fully saturated rings.